The third kappa shape index (κ3) is 3.13. The zero-order valence-electron chi connectivity index (χ0n) is 7.11. The molecule has 1 rings (SSSR count). The Balaban J connectivity index is 0.00000144. The number of nitrogens with zero attached hydrogens (tertiary/aromatic N) is 1. The third-order valence-electron chi connectivity index (χ3n) is 1.61. The highest BCUT2D eigenvalue weighted by Gasteiger charge is 2.09. The second-order valence-electron chi connectivity index (χ2n) is 2.51. The van der Waals surface area contributed by atoms with Crippen LogP contribution in [0.3, 0.4) is 0 Å². The summed E-state index contributed by atoms with van der Waals surface area (Å²) >= 11 is 0. The molecule has 0 aromatic carbocycles. The molecule has 1 aromatic rings. The largest absolute Gasteiger partial charge is 0.324 e. The highest BCUT2D eigenvalue weighted by molar-refractivity contribution is 5.85. The second kappa shape index (κ2) is 5.67. The van der Waals surface area contributed by atoms with Gasteiger partial charge in [-0.2, -0.15) is 4.39 Å². The van der Waals surface area contributed by atoms with Gasteiger partial charge in [0, 0.05) is 17.8 Å². The van der Waals surface area contributed by atoms with Crippen LogP contribution in [0.4, 0.5) is 4.39 Å². The average molecular weight is 203 g/mol. The second-order valence-corrected chi connectivity index (χ2v) is 2.51. The fraction of sp³-hybridized carbons (Fsp3) is 0.222. The molecule has 0 fully saturated rings. The van der Waals surface area contributed by atoms with E-state index in [2.05, 4.69) is 11.6 Å². The van der Waals surface area contributed by atoms with Crippen LogP contribution < -0.4 is 5.73 Å². The number of aromatic nitrogens is 1. The molecule has 2 N–H and O–H groups in total. The fourth-order valence-corrected chi connectivity index (χ4v) is 0.982. The van der Waals surface area contributed by atoms with E-state index >= 15 is 0 Å². The van der Waals surface area contributed by atoms with Crippen LogP contribution in [0.25, 0.3) is 0 Å². The van der Waals surface area contributed by atoms with Crippen molar-refractivity contribution in [2.24, 2.45) is 5.73 Å². The summed E-state index contributed by atoms with van der Waals surface area (Å²) in [4.78, 5) is 3.50. The summed E-state index contributed by atoms with van der Waals surface area (Å²) in [5.74, 6) is -0.494. The molecule has 13 heavy (non-hydrogen) atoms. The predicted octanol–water partition coefficient (Wildman–Crippen LogP) is 2.22. The Bertz CT molecular complexity index is 278. The minimum absolute atomic E-state index is 0. The van der Waals surface area contributed by atoms with E-state index < -0.39 is 5.95 Å². The maximum atomic E-state index is 12.9. The molecule has 72 valence electrons. The number of halogens is 2. The summed E-state index contributed by atoms with van der Waals surface area (Å²) in [5, 5.41) is 0. The van der Waals surface area contributed by atoms with Gasteiger partial charge in [-0.3, -0.25) is 0 Å². The SMILES string of the molecule is C=CC[C@H](N)c1cccnc1F.Cl. The van der Waals surface area contributed by atoms with E-state index in [0.717, 1.165) is 0 Å². The molecular formula is C9H12ClFN2. The van der Waals surface area contributed by atoms with Crippen molar-refractivity contribution in [1.29, 1.82) is 0 Å². The topological polar surface area (TPSA) is 38.9 Å². The van der Waals surface area contributed by atoms with E-state index in [9.17, 15) is 4.39 Å². The van der Waals surface area contributed by atoms with Gasteiger partial charge in [-0.15, -0.1) is 19.0 Å². The lowest BCUT2D eigenvalue weighted by molar-refractivity contribution is 0.545. The van der Waals surface area contributed by atoms with Crippen molar-refractivity contribution in [3.05, 3.63) is 42.5 Å². The van der Waals surface area contributed by atoms with Gasteiger partial charge in [-0.1, -0.05) is 12.1 Å². The van der Waals surface area contributed by atoms with E-state index in [1.807, 2.05) is 0 Å². The molecule has 1 heterocycles. The van der Waals surface area contributed by atoms with Gasteiger partial charge in [0.1, 0.15) is 0 Å². The van der Waals surface area contributed by atoms with E-state index in [1.165, 1.54) is 6.20 Å². The molecule has 4 heteroatoms. The van der Waals surface area contributed by atoms with Crippen molar-refractivity contribution in [2.45, 2.75) is 12.5 Å². The highest BCUT2D eigenvalue weighted by atomic mass is 35.5. The Morgan fingerprint density at radius 3 is 2.92 bits per heavy atom. The fourth-order valence-electron chi connectivity index (χ4n) is 0.982. The van der Waals surface area contributed by atoms with Crippen LogP contribution in [0, 0.1) is 5.95 Å². The molecule has 1 atom stereocenters. The Morgan fingerprint density at radius 1 is 1.69 bits per heavy atom. The lowest BCUT2D eigenvalue weighted by atomic mass is 10.1. The van der Waals surface area contributed by atoms with E-state index in [4.69, 9.17) is 5.73 Å². The summed E-state index contributed by atoms with van der Waals surface area (Å²) in [7, 11) is 0. The van der Waals surface area contributed by atoms with E-state index in [-0.39, 0.29) is 18.4 Å². The monoisotopic (exact) mass is 202 g/mol. The molecule has 0 saturated heterocycles. The van der Waals surface area contributed by atoms with Crippen LogP contribution >= 0.6 is 12.4 Å². The molecule has 0 aliphatic carbocycles. The van der Waals surface area contributed by atoms with Crippen LogP contribution in [0.15, 0.2) is 31.0 Å². The standard InChI is InChI=1S/C9H11FN2.ClH/c1-2-4-8(11)7-5-3-6-12-9(7)10;/h2-3,5-6,8H,1,4,11H2;1H/t8-;/m0./s1. The van der Waals surface area contributed by atoms with Gasteiger partial charge in [0.25, 0.3) is 0 Å². The number of nitrogens with two attached hydrogens (primary N) is 1. The lowest BCUT2D eigenvalue weighted by Gasteiger charge is -2.08. The van der Waals surface area contributed by atoms with Crippen LogP contribution in [-0.4, -0.2) is 4.98 Å². The zero-order chi connectivity index (χ0) is 8.97. The first kappa shape index (κ1) is 12.1. The Hall–Kier alpha value is -0.930. The minimum atomic E-state index is -0.494. The van der Waals surface area contributed by atoms with Gasteiger partial charge < -0.3 is 5.73 Å². The molecule has 0 aliphatic heterocycles. The van der Waals surface area contributed by atoms with Crippen LogP contribution in [0.2, 0.25) is 0 Å². The van der Waals surface area contributed by atoms with Crippen molar-refractivity contribution in [2.75, 3.05) is 0 Å². The molecule has 0 radical (unpaired) electrons. The normalized spacial score (nSPS) is 11.5. The molecule has 0 saturated carbocycles. The summed E-state index contributed by atoms with van der Waals surface area (Å²) in [6.07, 6.45) is 3.62. The van der Waals surface area contributed by atoms with Gasteiger partial charge in [0.05, 0.1) is 0 Å². The van der Waals surface area contributed by atoms with E-state index in [0.29, 0.717) is 12.0 Å². The molecule has 0 spiro atoms. The van der Waals surface area contributed by atoms with Crippen LogP contribution in [-0.2, 0) is 0 Å². The maximum Gasteiger partial charge on any atom is 0.217 e. The quantitative estimate of drug-likeness (QED) is 0.603. The number of hydrogen-bond acceptors (Lipinski definition) is 2. The van der Waals surface area contributed by atoms with Gasteiger partial charge in [-0.05, 0) is 12.5 Å². The minimum Gasteiger partial charge on any atom is -0.324 e. The first-order valence-electron chi connectivity index (χ1n) is 3.72. The van der Waals surface area contributed by atoms with Crippen molar-refractivity contribution < 1.29 is 4.39 Å². The zero-order valence-corrected chi connectivity index (χ0v) is 7.93. The molecule has 1 aromatic heterocycles. The van der Waals surface area contributed by atoms with Gasteiger partial charge in [0.2, 0.25) is 5.95 Å². The summed E-state index contributed by atoms with van der Waals surface area (Å²) in [5.41, 5.74) is 6.10. The first-order valence-corrected chi connectivity index (χ1v) is 3.72. The average Bonchev–Trinajstić information content (AvgIpc) is 2.05. The number of pyridine rings is 1. The number of hydrogen-bond donors (Lipinski definition) is 1. The summed E-state index contributed by atoms with van der Waals surface area (Å²) in [6.45, 7) is 3.53. The molecule has 0 amide bonds. The molecule has 0 bridgehead atoms. The molecule has 0 aliphatic rings. The van der Waals surface area contributed by atoms with Crippen molar-refractivity contribution >= 4 is 12.4 Å². The molecule has 2 nitrogen and oxygen atoms in total. The Morgan fingerprint density at radius 2 is 2.38 bits per heavy atom. The number of rotatable bonds is 3. The van der Waals surface area contributed by atoms with Crippen LogP contribution in [0.1, 0.15) is 18.0 Å². The first-order chi connectivity index (χ1) is 5.75. The molecular weight excluding hydrogens is 191 g/mol. The maximum absolute atomic E-state index is 12.9. The third-order valence-corrected chi connectivity index (χ3v) is 1.61. The lowest BCUT2D eigenvalue weighted by Crippen LogP contribution is -2.11. The van der Waals surface area contributed by atoms with Crippen molar-refractivity contribution in [3.8, 4) is 0 Å². The smallest absolute Gasteiger partial charge is 0.217 e. The predicted molar refractivity (Wildman–Crippen MR) is 53.2 cm³/mol. The van der Waals surface area contributed by atoms with Gasteiger partial charge in [0.15, 0.2) is 0 Å². The summed E-state index contributed by atoms with van der Waals surface area (Å²) < 4.78 is 12.9. The van der Waals surface area contributed by atoms with Crippen molar-refractivity contribution in [1.82, 2.24) is 4.98 Å². The Labute approximate surface area is 83.1 Å². The summed E-state index contributed by atoms with van der Waals surface area (Å²) in [6, 6.07) is 2.97. The van der Waals surface area contributed by atoms with Crippen molar-refractivity contribution in [3.63, 3.8) is 0 Å². The van der Waals surface area contributed by atoms with E-state index in [1.54, 1.807) is 18.2 Å². The molecule has 0 unspecified atom stereocenters. The van der Waals surface area contributed by atoms with Gasteiger partial charge >= 0.3 is 0 Å². The van der Waals surface area contributed by atoms with Crippen LogP contribution in [0.5, 0.6) is 0 Å². The Kier molecular flexibility index (Phi) is 5.26. The highest BCUT2D eigenvalue weighted by Crippen LogP contribution is 2.15. The van der Waals surface area contributed by atoms with Gasteiger partial charge in [-0.25, -0.2) is 4.98 Å².